The fourth-order valence-electron chi connectivity index (χ4n) is 2.86. The van der Waals surface area contributed by atoms with Crippen molar-refractivity contribution >= 4 is 12.0 Å². The van der Waals surface area contributed by atoms with Gasteiger partial charge in [-0.25, -0.2) is 4.79 Å². The Morgan fingerprint density at radius 3 is 1.90 bits per heavy atom. The molecular weight excluding hydrogens is 368 g/mol. The zero-order valence-corrected chi connectivity index (χ0v) is 16.5. The highest BCUT2D eigenvalue weighted by molar-refractivity contribution is 5.89. The maximum atomic E-state index is 12.2. The lowest BCUT2D eigenvalue weighted by atomic mass is 10.1. The molecule has 0 amide bonds. The second-order valence-electron chi connectivity index (χ2n) is 6.10. The van der Waals surface area contributed by atoms with E-state index in [0.717, 1.165) is 16.7 Å². The lowest BCUT2D eigenvalue weighted by molar-refractivity contribution is -0.128. The van der Waals surface area contributed by atoms with Gasteiger partial charge in [0.05, 0.1) is 21.3 Å². The number of methoxy groups -OCH3 is 3. The number of carbonyl (C=O) groups is 1. The maximum absolute atomic E-state index is 12.2. The van der Waals surface area contributed by atoms with Crippen LogP contribution in [0.4, 0.5) is 0 Å². The zero-order chi connectivity index (χ0) is 20.6. The van der Waals surface area contributed by atoms with Crippen LogP contribution in [0.5, 0.6) is 23.0 Å². The lowest BCUT2D eigenvalue weighted by Gasteiger charge is -2.12. The largest absolute Gasteiger partial charge is 0.493 e. The van der Waals surface area contributed by atoms with Gasteiger partial charge in [-0.3, -0.25) is 0 Å². The molecule has 3 aromatic carbocycles. The summed E-state index contributed by atoms with van der Waals surface area (Å²) in [5.41, 5.74) is 2.88. The molecule has 5 nitrogen and oxygen atoms in total. The van der Waals surface area contributed by atoms with Gasteiger partial charge in [-0.1, -0.05) is 42.5 Å². The molecule has 0 saturated heterocycles. The van der Waals surface area contributed by atoms with Gasteiger partial charge in [-0.15, -0.1) is 0 Å². The first-order valence-electron chi connectivity index (χ1n) is 9.00. The molecule has 0 radical (unpaired) electrons. The first-order valence-corrected chi connectivity index (χ1v) is 9.00. The van der Waals surface area contributed by atoms with Gasteiger partial charge in [-0.05, 0) is 47.0 Å². The molecule has 3 aromatic rings. The predicted octanol–water partition coefficient (Wildman–Crippen LogP) is 5.00. The van der Waals surface area contributed by atoms with E-state index in [1.165, 1.54) is 27.4 Å². The van der Waals surface area contributed by atoms with Gasteiger partial charge in [0.25, 0.3) is 0 Å². The summed E-state index contributed by atoms with van der Waals surface area (Å²) in [6.07, 6.45) is 2.98. The average Bonchev–Trinajstić information content (AvgIpc) is 2.78. The van der Waals surface area contributed by atoms with E-state index in [1.807, 2.05) is 42.5 Å². The molecule has 5 heteroatoms. The van der Waals surface area contributed by atoms with Gasteiger partial charge in [0, 0.05) is 6.08 Å². The SMILES string of the molecule is COc1cc(/C=C/C(=O)Oc2ccc(-c3ccccc3)cc2)cc(OC)c1OC. The van der Waals surface area contributed by atoms with Crippen LogP contribution in [0.15, 0.2) is 72.8 Å². The van der Waals surface area contributed by atoms with Gasteiger partial charge in [0.2, 0.25) is 5.75 Å². The molecule has 0 aliphatic heterocycles. The molecular formula is C24H22O5. The Morgan fingerprint density at radius 1 is 0.759 bits per heavy atom. The molecule has 0 aliphatic rings. The van der Waals surface area contributed by atoms with Crippen LogP contribution in [0, 0.1) is 0 Å². The summed E-state index contributed by atoms with van der Waals surface area (Å²) in [6.45, 7) is 0. The van der Waals surface area contributed by atoms with E-state index in [0.29, 0.717) is 23.0 Å². The second kappa shape index (κ2) is 9.46. The van der Waals surface area contributed by atoms with Crippen molar-refractivity contribution < 1.29 is 23.7 Å². The highest BCUT2D eigenvalue weighted by atomic mass is 16.5. The van der Waals surface area contributed by atoms with E-state index in [1.54, 1.807) is 30.3 Å². The van der Waals surface area contributed by atoms with Crippen LogP contribution in [-0.2, 0) is 4.79 Å². The van der Waals surface area contributed by atoms with E-state index >= 15 is 0 Å². The molecule has 0 heterocycles. The minimum atomic E-state index is -0.480. The van der Waals surface area contributed by atoms with Crippen molar-refractivity contribution in [2.45, 2.75) is 0 Å². The third-order valence-corrected chi connectivity index (χ3v) is 4.28. The van der Waals surface area contributed by atoms with Crippen molar-refractivity contribution in [2.24, 2.45) is 0 Å². The molecule has 0 bridgehead atoms. The number of ether oxygens (including phenoxy) is 4. The molecule has 0 aliphatic carbocycles. The average molecular weight is 390 g/mol. The molecule has 148 valence electrons. The fourth-order valence-corrected chi connectivity index (χ4v) is 2.86. The third kappa shape index (κ3) is 4.96. The van der Waals surface area contributed by atoms with Gasteiger partial charge < -0.3 is 18.9 Å². The molecule has 0 unspecified atom stereocenters. The standard InChI is InChI=1S/C24H22O5/c1-26-21-15-17(16-22(27-2)24(21)28-3)9-14-23(25)29-20-12-10-19(11-13-20)18-7-5-4-6-8-18/h4-16H,1-3H3/b14-9+. The van der Waals surface area contributed by atoms with Crippen LogP contribution in [0.3, 0.4) is 0 Å². The summed E-state index contributed by atoms with van der Waals surface area (Å²) >= 11 is 0. The van der Waals surface area contributed by atoms with Gasteiger partial charge in [0.1, 0.15) is 5.75 Å². The van der Waals surface area contributed by atoms with E-state index < -0.39 is 5.97 Å². The number of esters is 1. The van der Waals surface area contributed by atoms with Gasteiger partial charge in [-0.2, -0.15) is 0 Å². The van der Waals surface area contributed by atoms with Crippen LogP contribution in [0.2, 0.25) is 0 Å². The van der Waals surface area contributed by atoms with Crippen LogP contribution >= 0.6 is 0 Å². The normalized spacial score (nSPS) is 10.6. The summed E-state index contributed by atoms with van der Waals surface area (Å²) in [7, 11) is 4.62. The van der Waals surface area contributed by atoms with E-state index in [9.17, 15) is 4.79 Å². The lowest BCUT2D eigenvalue weighted by Crippen LogP contribution is -2.03. The summed E-state index contributed by atoms with van der Waals surface area (Å²) in [6, 6.07) is 20.9. The van der Waals surface area contributed by atoms with Crippen molar-refractivity contribution in [3.63, 3.8) is 0 Å². The third-order valence-electron chi connectivity index (χ3n) is 4.28. The molecule has 0 fully saturated rings. The quantitative estimate of drug-likeness (QED) is 0.323. The Kier molecular flexibility index (Phi) is 6.53. The van der Waals surface area contributed by atoms with Crippen molar-refractivity contribution in [1.29, 1.82) is 0 Å². The Hall–Kier alpha value is -3.73. The highest BCUT2D eigenvalue weighted by Crippen LogP contribution is 2.38. The molecule has 0 saturated carbocycles. The van der Waals surface area contributed by atoms with Crippen molar-refractivity contribution in [3.05, 3.63) is 78.4 Å². The smallest absolute Gasteiger partial charge is 0.336 e. The minimum Gasteiger partial charge on any atom is -0.493 e. The number of carbonyl (C=O) groups excluding carboxylic acids is 1. The highest BCUT2D eigenvalue weighted by Gasteiger charge is 2.12. The number of rotatable bonds is 7. The molecule has 29 heavy (non-hydrogen) atoms. The van der Waals surface area contributed by atoms with E-state index in [2.05, 4.69) is 0 Å². The first-order chi connectivity index (χ1) is 14.1. The molecule has 0 N–H and O–H groups in total. The minimum absolute atomic E-state index is 0.476. The number of hydrogen-bond acceptors (Lipinski definition) is 5. The molecule has 0 atom stereocenters. The second-order valence-corrected chi connectivity index (χ2v) is 6.10. The van der Waals surface area contributed by atoms with Crippen LogP contribution < -0.4 is 18.9 Å². The van der Waals surface area contributed by atoms with E-state index in [-0.39, 0.29) is 0 Å². The van der Waals surface area contributed by atoms with Crippen LogP contribution in [-0.4, -0.2) is 27.3 Å². The van der Waals surface area contributed by atoms with Crippen LogP contribution in [0.1, 0.15) is 5.56 Å². The monoisotopic (exact) mass is 390 g/mol. The van der Waals surface area contributed by atoms with Crippen molar-refractivity contribution in [3.8, 4) is 34.1 Å². The van der Waals surface area contributed by atoms with Gasteiger partial charge in [0.15, 0.2) is 11.5 Å². The van der Waals surface area contributed by atoms with Crippen LogP contribution in [0.25, 0.3) is 17.2 Å². The maximum Gasteiger partial charge on any atom is 0.336 e. The summed E-state index contributed by atoms with van der Waals surface area (Å²) in [5, 5.41) is 0. The first kappa shape index (κ1) is 20.0. The number of benzene rings is 3. The van der Waals surface area contributed by atoms with Crippen molar-refractivity contribution in [2.75, 3.05) is 21.3 Å². The molecule has 0 spiro atoms. The summed E-state index contributed by atoms with van der Waals surface area (Å²) in [4.78, 5) is 12.2. The Morgan fingerprint density at radius 2 is 1.34 bits per heavy atom. The predicted molar refractivity (Wildman–Crippen MR) is 113 cm³/mol. The van der Waals surface area contributed by atoms with E-state index in [4.69, 9.17) is 18.9 Å². The topological polar surface area (TPSA) is 54.0 Å². The van der Waals surface area contributed by atoms with Crippen molar-refractivity contribution in [1.82, 2.24) is 0 Å². The molecule has 3 rings (SSSR count). The summed E-state index contributed by atoms with van der Waals surface area (Å²) in [5.74, 6) is 1.51. The van der Waals surface area contributed by atoms with Gasteiger partial charge >= 0.3 is 5.97 Å². The fraction of sp³-hybridized carbons (Fsp3) is 0.125. The Labute approximate surface area is 170 Å². The zero-order valence-electron chi connectivity index (χ0n) is 16.5. The Balaban J connectivity index is 1.70. The number of hydrogen-bond donors (Lipinski definition) is 0. The molecule has 0 aromatic heterocycles. The summed E-state index contributed by atoms with van der Waals surface area (Å²) < 4.78 is 21.3. The Bertz CT molecular complexity index is 967.